The number of carbonyl (C=O) groups excluding carboxylic acids is 3. The van der Waals surface area contributed by atoms with E-state index in [4.69, 9.17) is 0 Å². The molecule has 162 valence electrons. The Kier molecular flexibility index (Phi) is 5.65. The van der Waals surface area contributed by atoms with Crippen LogP contribution < -0.4 is 5.32 Å². The number of rotatable bonds is 4. The van der Waals surface area contributed by atoms with Crippen molar-refractivity contribution in [1.82, 2.24) is 9.80 Å². The van der Waals surface area contributed by atoms with Gasteiger partial charge in [-0.1, -0.05) is 18.2 Å². The first-order valence-corrected chi connectivity index (χ1v) is 10.6. The van der Waals surface area contributed by atoms with Gasteiger partial charge in [-0.15, -0.1) is 11.8 Å². The molecule has 1 N–H and O–H groups in total. The highest BCUT2D eigenvalue weighted by molar-refractivity contribution is 7.99. The largest absolute Gasteiger partial charge is 0.416 e. The van der Waals surface area contributed by atoms with Gasteiger partial charge in [-0.3, -0.25) is 14.4 Å². The second kappa shape index (κ2) is 8.26. The van der Waals surface area contributed by atoms with E-state index in [-0.39, 0.29) is 36.2 Å². The van der Waals surface area contributed by atoms with Crippen molar-refractivity contribution in [2.75, 3.05) is 23.5 Å². The highest BCUT2D eigenvalue weighted by Crippen LogP contribution is 2.31. The average Bonchev–Trinajstić information content (AvgIpc) is 3.23. The minimum absolute atomic E-state index is 0.0215. The Morgan fingerprint density at radius 3 is 2.58 bits per heavy atom. The van der Waals surface area contributed by atoms with Crippen LogP contribution in [0.3, 0.4) is 0 Å². The summed E-state index contributed by atoms with van der Waals surface area (Å²) in [4.78, 5) is 40.3. The summed E-state index contributed by atoms with van der Waals surface area (Å²) in [5.74, 6) is 0.422. The van der Waals surface area contributed by atoms with Crippen LogP contribution in [0.4, 0.5) is 18.9 Å². The topological polar surface area (TPSA) is 69.7 Å². The maximum absolute atomic E-state index is 12.8. The molecular formula is C21H18F3N3O3S. The summed E-state index contributed by atoms with van der Waals surface area (Å²) in [6.07, 6.45) is -4.50. The molecule has 6 nitrogen and oxygen atoms in total. The molecule has 2 saturated heterocycles. The van der Waals surface area contributed by atoms with Crippen molar-refractivity contribution < 1.29 is 27.6 Å². The molecule has 0 saturated carbocycles. The number of fused-ring (bicyclic) bond motifs is 1. The SMILES string of the molecule is O=C(Nc1cccc(C(F)(F)F)c1)c1ccc(CN2CC(=O)N3CSC[C@H]3C2=O)cc1. The van der Waals surface area contributed by atoms with Crippen molar-refractivity contribution in [3.63, 3.8) is 0 Å². The molecule has 0 spiro atoms. The van der Waals surface area contributed by atoms with E-state index in [1.807, 2.05) is 0 Å². The van der Waals surface area contributed by atoms with Gasteiger partial charge in [-0.25, -0.2) is 0 Å². The number of hydrogen-bond donors (Lipinski definition) is 1. The number of piperazine rings is 1. The number of amides is 3. The molecule has 2 aromatic rings. The maximum atomic E-state index is 12.8. The van der Waals surface area contributed by atoms with Gasteiger partial charge < -0.3 is 15.1 Å². The van der Waals surface area contributed by atoms with Crippen molar-refractivity contribution in [2.45, 2.75) is 18.8 Å². The van der Waals surface area contributed by atoms with E-state index in [0.29, 0.717) is 11.6 Å². The molecule has 0 unspecified atom stereocenters. The molecular weight excluding hydrogens is 431 g/mol. The van der Waals surface area contributed by atoms with Gasteiger partial charge in [0, 0.05) is 23.5 Å². The molecule has 2 aromatic carbocycles. The average molecular weight is 449 g/mol. The van der Waals surface area contributed by atoms with Crippen LogP contribution in [0.2, 0.25) is 0 Å². The molecule has 2 fully saturated rings. The molecule has 4 rings (SSSR count). The number of nitrogens with one attached hydrogen (secondary N) is 1. The Hall–Kier alpha value is -3.01. The molecule has 1 atom stereocenters. The molecule has 0 bridgehead atoms. The second-order valence-corrected chi connectivity index (χ2v) is 8.30. The zero-order valence-electron chi connectivity index (χ0n) is 16.2. The van der Waals surface area contributed by atoms with Gasteiger partial charge in [-0.2, -0.15) is 13.2 Å². The summed E-state index contributed by atoms with van der Waals surface area (Å²) < 4.78 is 38.5. The van der Waals surface area contributed by atoms with E-state index in [2.05, 4.69) is 5.32 Å². The summed E-state index contributed by atoms with van der Waals surface area (Å²) in [6.45, 7) is 0.267. The Labute approximate surface area is 180 Å². The summed E-state index contributed by atoms with van der Waals surface area (Å²) in [6, 6.07) is 10.4. The third kappa shape index (κ3) is 4.53. The highest BCUT2D eigenvalue weighted by Gasteiger charge is 2.42. The summed E-state index contributed by atoms with van der Waals surface area (Å²) in [5, 5.41) is 2.45. The van der Waals surface area contributed by atoms with Gasteiger partial charge in [0.15, 0.2) is 0 Å². The molecule has 0 radical (unpaired) electrons. The molecule has 2 heterocycles. The van der Waals surface area contributed by atoms with Gasteiger partial charge in [-0.05, 0) is 35.9 Å². The van der Waals surface area contributed by atoms with Gasteiger partial charge in [0.1, 0.15) is 12.6 Å². The summed E-state index contributed by atoms with van der Waals surface area (Å²) >= 11 is 1.55. The first-order chi connectivity index (χ1) is 14.7. The number of alkyl halides is 3. The van der Waals surface area contributed by atoms with E-state index in [1.165, 1.54) is 29.2 Å². The first kappa shape index (κ1) is 21.2. The lowest BCUT2D eigenvalue weighted by Gasteiger charge is -2.35. The standard InChI is InChI=1S/C21H18F3N3O3S/c22-21(23,24)15-2-1-3-16(8-15)25-19(29)14-6-4-13(5-7-14)9-26-10-18(28)27-12-31-11-17(27)20(26)30/h1-8,17H,9-12H2,(H,25,29)/t17-/m0/s1. The predicted molar refractivity (Wildman–Crippen MR) is 109 cm³/mol. The lowest BCUT2D eigenvalue weighted by molar-refractivity contribution is -0.153. The fourth-order valence-electron chi connectivity index (χ4n) is 3.53. The van der Waals surface area contributed by atoms with Crippen LogP contribution in [-0.4, -0.2) is 51.7 Å². The predicted octanol–water partition coefficient (Wildman–Crippen LogP) is 3.20. The van der Waals surface area contributed by atoms with Crippen molar-refractivity contribution in [1.29, 1.82) is 0 Å². The molecule has 2 aliphatic rings. The molecule has 0 aliphatic carbocycles. The zero-order chi connectivity index (χ0) is 22.2. The third-order valence-corrected chi connectivity index (χ3v) is 6.18. The molecule has 31 heavy (non-hydrogen) atoms. The van der Waals surface area contributed by atoms with Crippen molar-refractivity contribution in [3.05, 3.63) is 65.2 Å². The number of hydrogen-bond acceptors (Lipinski definition) is 4. The number of carbonyl (C=O) groups is 3. The molecule has 0 aromatic heterocycles. The van der Waals surface area contributed by atoms with Gasteiger partial charge in [0.25, 0.3) is 5.91 Å². The van der Waals surface area contributed by atoms with Crippen LogP contribution in [0.15, 0.2) is 48.5 Å². The van der Waals surface area contributed by atoms with Crippen LogP contribution in [0.5, 0.6) is 0 Å². The van der Waals surface area contributed by atoms with Crippen LogP contribution in [0, 0.1) is 0 Å². The van der Waals surface area contributed by atoms with E-state index in [0.717, 1.165) is 17.7 Å². The minimum atomic E-state index is -4.50. The van der Waals surface area contributed by atoms with Gasteiger partial charge in [0.05, 0.1) is 11.4 Å². The molecule has 3 amide bonds. The number of halogens is 3. The normalized spacial score (nSPS) is 18.9. The Balaban J connectivity index is 1.41. The van der Waals surface area contributed by atoms with Gasteiger partial charge >= 0.3 is 6.18 Å². The minimum Gasteiger partial charge on any atom is -0.327 e. The number of nitrogens with zero attached hydrogens (tertiary/aromatic N) is 2. The quantitative estimate of drug-likeness (QED) is 0.779. The second-order valence-electron chi connectivity index (χ2n) is 7.30. The fraction of sp³-hybridized carbons (Fsp3) is 0.286. The van der Waals surface area contributed by atoms with E-state index in [1.54, 1.807) is 28.8 Å². The van der Waals surface area contributed by atoms with Crippen LogP contribution in [-0.2, 0) is 22.3 Å². The van der Waals surface area contributed by atoms with E-state index < -0.39 is 23.7 Å². The Bertz CT molecular complexity index is 1030. The van der Waals surface area contributed by atoms with Crippen molar-refractivity contribution in [2.24, 2.45) is 0 Å². The van der Waals surface area contributed by atoms with Crippen LogP contribution in [0.25, 0.3) is 0 Å². The number of benzene rings is 2. The Morgan fingerprint density at radius 2 is 1.87 bits per heavy atom. The van der Waals surface area contributed by atoms with Gasteiger partial charge in [0.2, 0.25) is 11.8 Å². The van der Waals surface area contributed by atoms with Crippen molar-refractivity contribution >= 4 is 35.2 Å². The summed E-state index contributed by atoms with van der Waals surface area (Å²) in [5.41, 5.74) is 0.206. The number of anilines is 1. The first-order valence-electron chi connectivity index (χ1n) is 9.46. The highest BCUT2D eigenvalue weighted by atomic mass is 32.2. The monoisotopic (exact) mass is 449 g/mol. The van der Waals surface area contributed by atoms with Crippen LogP contribution in [0.1, 0.15) is 21.5 Å². The molecule has 10 heteroatoms. The lowest BCUT2D eigenvalue weighted by atomic mass is 10.1. The van der Waals surface area contributed by atoms with E-state index >= 15 is 0 Å². The summed E-state index contributed by atoms with van der Waals surface area (Å²) in [7, 11) is 0. The molecule has 2 aliphatic heterocycles. The van der Waals surface area contributed by atoms with Crippen molar-refractivity contribution in [3.8, 4) is 0 Å². The lowest BCUT2D eigenvalue weighted by Crippen LogP contribution is -2.57. The maximum Gasteiger partial charge on any atom is 0.416 e. The Morgan fingerprint density at radius 1 is 1.13 bits per heavy atom. The zero-order valence-corrected chi connectivity index (χ0v) is 17.0. The van der Waals surface area contributed by atoms with E-state index in [9.17, 15) is 27.6 Å². The van der Waals surface area contributed by atoms with Crippen LogP contribution >= 0.6 is 11.8 Å². The third-order valence-electron chi connectivity index (χ3n) is 5.16. The smallest absolute Gasteiger partial charge is 0.327 e. The number of thioether (sulfide) groups is 1. The fourth-order valence-corrected chi connectivity index (χ4v) is 4.70.